The summed E-state index contributed by atoms with van der Waals surface area (Å²) in [7, 11) is 0. The lowest BCUT2D eigenvalue weighted by atomic mass is 9.85. The maximum Gasteiger partial charge on any atom is 0.309 e. The zero-order valence-electron chi connectivity index (χ0n) is 23.9. The molecule has 0 spiro atoms. The summed E-state index contributed by atoms with van der Waals surface area (Å²) in [6, 6.07) is 11.1. The Bertz CT molecular complexity index is 1490. The van der Waals surface area contributed by atoms with E-state index in [9.17, 15) is 23.6 Å². The molecule has 42 heavy (non-hydrogen) atoms. The van der Waals surface area contributed by atoms with Gasteiger partial charge in [0.15, 0.2) is 5.69 Å². The summed E-state index contributed by atoms with van der Waals surface area (Å²) in [4.78, 5) is 52.9. The Hall–Kier alpha value is -3.99. The van der Waals surface area contributed by atoms with Gasteiger partial charge in [-0.15, -0.1) is 0 Å². The normalized spacial score (nSPS) is 17.1. The Kier molecular flexibility index (Phi) is 9.50. The van der Waals surface area contributed by atoms with Crippen molar-refractivity contribution in [3.8, 4) is 0 Å². The molecular weight excluding hydrogens is 565 g/mol. The molecule has 0 radical (unpaired) electrons. The number of halogens is 2. The summed E-state index contributed by atoms with van der Waals surface area (Å²) in [5.74, 6) is -2.80. The topological polar surface area (TPSA) is 137 Å². The number of nitrogens with zero attached hydrogens (tertiary/aromatic N) is 3. The number of aromatic nitrogens is 2. The minimum atomic E-state index is -0.720. The first-order chi connectivity index (χ1) is 19.8. The molecule has 0 bridgehead atoms. The number of nitrogens with two attached hydrogens (primary N) is 1. The Balaban J connectivity index is 1.52. The molecule has 0 atom stereocenters. The van der Waals surface area contributed by atoms with Crippen LogP contribution in [-0.4, -0.2) is 56.6 Å². The minimum absolute atomic E-state index is 0.0455. The highest BCUT2D eigenvalue weighted by molar-refractivity contribution is 6.30. The van der Waals surface area contributed by atoms with Crippen molar-refractivity contribution in [3.63, 3.8) is 0 Å². The van der Waals surface area contributed by atoms with Crippen molar-refractivity contribution >= 4 is 46.2 Å². The first-order valence-corrected chi connectivity index (χ1v) is 14.2. The molecule has 0 unspecified atom stereocenters. The molecule has 1 aromatic heterocycles. The van der Waals surface area contributed by atoms with E-state index in [1.165, 1.54) is 21.7 Å². The SMILES string of the molecule is CC(C)(C)OC(=O)C1CCC(N(CC(=O)NCc2cccc(Cl)c2F)C(=O)Cn2nc(C(N)=O)c3ccccc32)CC1. The summed E-state index contributed by atoms with van der Waals surface area (Å²) in [6.07, 6.45) is 1.96. The number of benzene rings is 2. The smallest absolute Gasteiger partial charge is 0.309 e. The predicted octanol–water partition coefficient (Wildman–Crippen LogP) is 3.97. The summed E-state index contributed by atoms with van der Waals surface area (Å²) >= 11 is 5.85. The van der Waals surface area contributed by atoms with Crippen molar-refractivity contribution in [1.82, 2.24) is 20.0 Å². The van der Waals surface area contributed by atoms with Crippen LogP contribution in [0.3, 0.4) is 0 Å². The fourth-order valence-corrected chi connectivity index (χ4v) is 5.36. The van der Waals surface area contributed by atoms with Crippen molar-refractivity contribution in [2.45, 2.75) is 71.2 Å². The quantitative estimate of drug-likeness (QED) is 0.357. The third-order valence-electron chi connectivity index (χ3n) is 7.20. The standard InChI is InChI=1S/C30H35ClFN5O5/c1-30(2,3)42-29(41)18-11-13-20(14-12-18)36(16-24(38)34-15-19-7-6-9-22(31)26(19)32)25(39)17-37-23-10-5-4-8-21(23)27(35-37)28(33)40/h4-10,18,20H,11-17H2,1-3H3,(H2,33,40)(H,34,38). The first kappa shape index (κ1) is 31.0. The molecule has 3 N–H and O–H groups in total. The van der Waals surface area contributed by atoms with E-state index in [0.717, 1.165) is 0 Å². The zero-order chi connectivity index (χ0) is 30.6. The van der Waals surface area contributed by atoms with Crippen LogP contribution < -0.4 is 11.1 Å². The van der Waals surface area contributed by atoms with E-state index in [2.05, 4.69) is 10.4 Å². The third kappa shape index (κ3) is 7.44. The largest absolute Gasteiger partial charge is 0.460 e. The average Bonchev–Trinajstić information content (AvgIpc) is 3.30. The first-order valence-electron chi connectivity index (χ1n) is 13.8. The highest BCUT2D eigenvalue weighted by Crippen LogP contribution is 2.30. The molecule has 1 heterocycles. The van der Waals surface area contributed by atoms with Gasteiger partial charge in [-0.1, -0.05) is 41.9 Å². The Labute approximate surface area is 248 Å². The second-order valence-electron chi connectivity index (χ2n) is 11.4. The van der Waals surface area contributed by atoms with E-state index in [1.54, 1.807) is 30.3 Å². The molecule has 0 aliphatic heterocycles. The maximum absolute atomic E-state index is 14.3. The highest BCUT2D eigenvalue weighted by Gasteiger charge is 2.35. The van der Waals surface area contributed by atoms with Gasteiger partial charge in [-0.3, -0.25) is 23.9 Å². The van der Waals surface area contributed by atoms with Crippen molar-refractivity contribution in [2.24, 2.45) is 11.7 Å². The number of carbonyl (C=O) groups excluding carboxylic acids is 4. The highest BCUT2D eigenvalue weighted by atomic mass is 35.5. The molecule has 1 aliphatic rings. The van der Waals surface area contributed by atoms with Crippen LogP contribution in [0.5, 0.6) is 0 Å². The van der Waals surface area contributed by atoms with E-state index < -0.39 is 29.1 Å². The second-order valence-corrected chi connectivity index (χ2v) is 11.8. The van der Waals surface area contributed by atoms with Gasteiger partial charge in [0.05, 0.1) is 23.0 Å². The van der Waals surface area contributed by atoms with Crippen molar-refractivity contribution in [1.29, 1.82) is 0 Å². The average molecular weight is 600 g/mol. The summed E-state index contributed by atoms with van der Waals surface area (Å²) in [5.41, 5.74) is 5.72. The number of ether oxygens (including phenoxy) is 1. The van der Waals surface area contributed by atoms with E-state index in [4.69, 9.17) is 22.1 Å². The van der Waals surface area contributed by atoms with Crippen LogP contribution in [0.2, 0.25) is 5.02 Å². The Morgan fingerprint density at radius 1 is 1.10 bits per heavy atom. The van der Waals surface area contributed by atoms with Gasteiger partial charge in [-0.05, 0) is 58.6 Å². The van der Waals surface area contributed by atoms with Gasteiger partial charge in [0.25, 0.3) is 5.91 Å². The van der Waals surface area contributed by atoms with Gasteiger partial charge in [-0.2, -0.15) is 5.10 Å². The number of rotatable bonds is 9. The molecule has 12 heteroatoms. The van der Waals surface area contributed by atoms with Gasteiger partial charge in [0, 0.05) is 23.5 Å². The predicted molar refractivity (Wildman–Crippen MR) is 155 cm³/mol. The molecule has 224 valence electrons. The number of amides is 3. The lowest BCUT2D eigenvalue weighted by molar-refractivity contribution is -0.161. The van der Waals surface area contributed by atoms with Crippen LogP contribution in [0.15, 0.2) is 42.5 Å². The molecule has 0 saturated heterocycles. The number of carbonyl (C=O) groups is 4. The number of nitrogens with one attached hydrogen (secondary N) is 1. The molecule has 1 saturated carbocycles. The van der Waals surface area contributed by atoms with E-state index in [-0.39, 0.29) is 53.8 Å². The van der Waals surface area contributed by atoms with Crippen LogP contribution in [0.1, 0.15) is 62.5 Å². The molecule has 2 aromatic carbocycles. The number of primary amides is 1. The van der Waals surface area contributed by atoms with E-state index >= 15 is 0 Å². The molecule has 4 rings (SSSR count). The van der Waals surface area contributed by atoms with Gasteiger partial charge in [0.2, 0.25) is 11.8 Å². The molecular formula is C30H35ClFN5O5. The number of esters is 1. The summed E-state index contributed by atoms with van der Waals surface area (Å²) < 4.78 is 21.3. The molecule has 3 aromatic rings. The van der Waals surface area contributed by atoms with Crippen LogP contribution in [-0.2, 0) is 32.2 Å². The van der Waals surface area contributed by atoms with Gasteiger partial charge in [0.1, 0.15) is 18.0 Å². The van der Waals surface area contributed by atoms with E-state index in [0.29, 0.717) is 36.6 Å². The van der Waals surface area contributed by atoms with E-state index in [1.807, 2.05) is 20.8 Å². The molecule has 10 nitrogen and oxygen atoms in total. The summed E-state index contributed by atoms with van der Waals surface area (Å²) in [5, 5.41) is 7.41. The molecule has 1 aliphatic carbocycles. The summed E-state index contributed by atoms with van der Waals surface area (Å²) in [6.45, 7) is 4.80. The molecule has 1 fully saturated rings. The Morgan fingerprint density at radius 3 is 2.45 bits per heavy atom. The maximum atomic E-state index is 14.3. The number of hydrogen-bond donors (Lipinski definition) is 2. The van der Waals surface area contributed by atoms with Crippen LogP contribution in [0, 0.1) is 11.7 Å². The third-order valence-corrected chi connectivity index (χ3v) is 7.49. The molecule has 3 amide bonds. The monoisotopic (exact) mass is 599 g/mol. The fourth-order valence-electron chi connectivity index (χ4n) is 5.17. The number of para-hydroxylation sites is 1. The number of hydrogen-bond acceptors (Lipinski definition) is 6. The van der Waals surface area contributed by atoms with Crippen molar-refractivity contribution in [2.75, 3.05) is 6.54 Å². The van der Waals surface area contributed by atoms with Crippen LogP contribution in [0.25, 0.3) is 10.9 Å². The van der Waals surface area contributed by atoms with Gasteiger partial charge < -0.3 is 20.7 Å². The van der Waals surface area contributed by atoms with Crippen molar-refractivity contribution < 1.29 is 28.3 Å². The van der Waals surface area contributed by atoms with Crippen molar-refractivity contribution in [3.05, 3.63) is 64.6 Å². The minimum Gasteiger partial charge on any atom is -0.460 e. The Morgan fingerprint density at radius 2 is 1.79 bits per heavy atom. The fraction of sp³-hybridized carbons (Fsp3) is 0.433. The lowest BCUT2D eigenvalue weighted by Crippen LogP contribution is -2.49. The lowest BCUT2D eigenvalue weighted by Gasteiger charge is -2.36. The second kappa shape index (κ2) is 12.9. The number of fused-ring (bicyclic) bond motifs is 1. The van der Waals surface area contributed by atoms with Gasteiger partial charge >= 0.3 is 5.97 Å². The zero-order valence-corrected chi connectivity index (χ0v) is 24.6. The van der Waals surface area contributed by atoms with Crippen LogP contribution >= 0.6 is 11.6 Å². The van der Waals surface area contributed by atoms with Gasteiger partial charge in [-0.25, -0.2) is 4.39 Å². The van der Waals surface area contributed by atoms with Crippen LogP contribution in [0.4, 0.5) is 4.39 Å².